The van der Waals surface area contributed by atoms with Crippen LogP contribution >= 0.6 is 31.9 Å². The molecule has 0 aromatic carbocycles. The number of alkyl halides is 2. The van der Waals surface area contributed by atoms with Crippen LogP contribution in [-0.4, -0.2) is 9.65 Å². The number of halogens is 2. The third-order valence-electron chi connectivity index (χ3n) is 1.02. The molecule has 0 aliphatic carbocycles. The van der Waals surface area contributed by atoms with E-state index < -0.39 is 0 Å². The third kappa shape index (κ3) is 5.10. The zero-order valence-corrected chi connectivity index (χ0v) is 8.50. The van der Waals surface area contributed by atoms with E-state index in [1.165, 1.54) is 12.8 Å². The van der Waals surface area contributed by atoms with Crippen LogP contribution in [0, 0.1) is 0 Å². The van der Waals surface area contributed by atoms with Crippen LogP contribution in [0.15, 0.2) is 0 Å². The van der Waals surface area contributed by atoms with Crippen LogP contribution in [0.25, 0.3) is 0 Å². The highest BCUT2D eigenvalue weighted by molar-refractivity contribution is 9.10. The van der Waals surface area contributed by atoms with Crippen molar-refractivity contribution in [2.75, 3.05) is 0 Å². The lowest BCUT2D eigenvalue weighted by molar-refractivity contribution is 0.748. The summed E-state index contributed by atoms with van der Waals surface area (Å²) < 4.78 is 0. The van der Waals surface area contributed by atoms with E-state index in [0.29, 0.717) is 9.65 Å². The SMILES string of the molecule is CC[C@H](Br)C[C@@H](C)Br. The van der Waals surface area contributed by atoms with Crippen molar-refractivity contribution in [2.45, 2.75) is 36.3 Å². The van der Waals surface area contributed by atoms with E-state index in [1.807, 2.05) is 0 Å². The molecule has 2 atom stereocenters. The normalized spacial score (nSPS) is 18.0. The molecule has 0 amide bonds. The van der Waals surface area contributed by atoms with Crippen molar-refractivity contribution in [3.8, 4) is 0 Å². The van der Waals surface area contributed by atoms with Gasteiger partial charge in [-0.1, -0.05) is 45.7 Å². The summed E-state index contributed by atoms with van der Waals surface area (Å²) in [6.07, 6.45) is 2.44. The molecule has 0 saturated carbocycles. The van der Waals surface area contributed by atoms with Crippen molar-refractivity contribution >= 4 is 31.9 Å². The lowest BCUT2D eigenvalue weighted by Crippen LogP contribution is -2.01. The summed E-state index contributed by atoms with van der Waals surface area (Å²) in [5.74, 6) is 0. The molecule has 0 bridgehead atoms. The Morgan fingerprint density at radius 3 is 2.00 bits per heavy atom. The summed E-state index contributed by atoms with van der Waals surface area (Å²) in [4.78, 5) is 1.34. The Kier molecular flexibility index (Phi) is 5.38. The fourth-order valence-electron chi connectivity index (χ4n) is 0.519. The molecule has 0 saturated heterocycles. The maximum atomic E-state index is 3.55. The van der Waals surface area contributed by atoms with E-state index in [0.717, 1.165) is 0 Å². The van der Waals surface area contributed by atoms with Gasteiger partial charge in [0.25, 0.3) is 0 Å². The Bertz CT molecular complexity index is 52.5. The van der Waals surface area contributed by atoms with Crippen LogP contribution in [0.4, 0.5) is 0 Å². The predicted molar refractivity (Wildman–Crippen MR) is 46.0 cm³/mol. The first-order valence-corrected chi connectivity index (χ1v) is 4.78. The first-order valence-electron chi connectivity index (χ1n) is 2.95. The fourth-order valence-corrected chi connectivity index (χ4v) is 2.03. The average molecular weight is 244 g/mol. The van der Waals surface area contributed by atoms with Crippen molar-refractivity contribution in [1.82, 2.24) is 0 Å². The summed E-state index contributed by atoms with van der Waals surface area (Å²) in [6, 6.07) is 0. The smallest absolute Gasteiger partial charge is 0.0153 e. The number of hydrogen-bond donors (Lipinski definition) is 0. The molecule has 0 N–H and O–H groups in total. The average Bonchev–Trinajstić information content (AvgIpc) is 1.65. The molecule has 0 aliphatic rings. The van der Waals surface area contributed by atoms with E-state index >= 15 is 0 Å². The van der Waals surface area contributed by atoms with Crippen molar-refractivity contribution < 1.29 is 0 Å². The van der Waals surface area contributed by atoms with Gasteiger partial charge in [0.15, 0.2) is 0 Å². The Morgan fingerprint density at radius 1 is 1.38 bits per heavy atom. The Morgan fingerprint density at radius 2 is 1.88 bits per heavy atom. The predicted octanol–water partition coefficient (Wildman–Crippen LogP) is 3.33. The van der Waals surface area contributed by atoms with Gasteiger partial charge in [-0.15, -0.1) is 0 Å². The summed E-state index contributed by atoms with van der Waals surface area (Å²) >= 11 is 7.03. The molecule has 0 rings (SSSR count). The highest BCUT2D eigenvalue weighted by Gasteiger charge is 2.03. The first kappa shape index (κ1) is 8.96. The minimum absolute atomic E-state index is 0.645. The second kappa shape index (κ2) is 4.80. The molecule has 0 unspecified atom stereocenters. The van der Waals surface area contributed by atoms with Gasteiger partial charge in [0.05, 0.1) is 0 Å². The molecule has 0 aliphatic heterocycles. The van der Waals surface area contributed by atoms with Gasteiger partial charge >= 0.3 is 0 Å². The quantitative estimate of drug-likeness (QED) is 0.668. The number of hydrogen-bond acceptors (Lipinski definition) is 0. The Hall–Kier alpha value is 0.960. The molecule has 0 spiro atoms. The third-order valence-corrected chi connectivity index (χ3v) is 2.42. The molecule has 8 heavy (non-hydrogen) atoms. The van der Waals surface area contributed by atoms with Crippen LogP contribution < -0.4 is 0 Å². The largest absolute Gasteiger partial charge is 0.0893 e. The minimum atomic E-state index is 0.645. The molecular formula is C6H12Br2. The molecule has 2 heteroatoms. The standard InChI is InChI=1S/C6H12Br2/c1-3-6(8)4-5(2)7/h5-6H,3-4H2,1-2H3/t5-,6+/m1/s1. The maximum absolute atomic E-state index is 3.55. The van der Waals surface area contributed by atoms with Gasteiger partial charge in [0.2, 0.25) is 0 Å². The highest BCUT2D eigenvalue weighted by atomic mass is 79.9. The Labute approximate surface area is 68.3 Å². The van der Waals surface area contributed by atoms with Gasteiger partial charge in [-0.05, 0) is 12.8 Å². The summed E-state index contributed by atoms with van der Waals surface area (Å²) in [5.41, 5.74) is 0. The molecule has 0 aromatic rings. The van der Waals surface area contributed by atoms with Crippen molar-refractivity contribution in [3.63, 3.8) is 0 Å². The van der Waals surface area contributed by atoms with Gasteiger partial charge in [0.1, 0.15) is 0 Å². The van der Waals surface area contributed by atoms with E-state index in [9.17, 15) is 0 Å². The zero-order valence-electron chi connectivity index (χ0n) is 5.32. The highest BCUT2D eigenvalue weighted by Crippen LogP contribution is 2.15. The number of rotatable bonds is 3. The lowest BCUT2D eigenvalue weighted by Gasteiger charge is -2.06. The molecule has 0 heterocycles. The summed E-state index contributed by atoms with van der Waals surface area (Å²) in [7, 11) is 0. The molecule has 0 fully saturated rings. The fraction of sp³-hybridized carbons (Fsp3) is 1.00. The molecule has 50 valence electrons. The van der Waals surface area contributed by atoms with Crippen molar-refractivity contribution in [1.29, 1.82) is 0 Å². The van der Waals surface area contributed by atoms with Gasteiger partial charge in [0, 0.05) is 9.65 Å². The molecule has 0 nitrogen and oxygen atoms in total. The second-order valence-electron chi connectivity index (χ2n) is 2.02. The van der Waals surface area contributed by atoms with E-state index in [-0.39, 0.29) is 0 Å². The van der Waals surface area contributed by atoms with Gasteiger partial charge in [-0.2, -0.15) is 0 Å². The van der Waals surface area contributed by atoms with Crippen LogP contribution in [0.5, 0.6) is 0 Å². The Balaban J connectivity index is 3.10. The summed E-state index contributed by atoms with van der Waals surface area (Å²) in [5, 5.41) is 0. The van der Waals surface area contributed by atoms with Gasteiger partial charge in [-0.3, -0.25) is 0 Å². The van der Waals surface area contributed by atoms with Crippen LogP contribution in [0.2, 0.25) is 0 Å². The monoisotopic (exact) mass is 242 g/mol. The van der Waals surface area contributed by atoms with Crippen LogP contribution in [0.3, 0.4) is 0 Å². The van der Waals surface area contributed by atoms with Crippen molar-refractivity contribution in [3.05, 3.63) is 0 Å². The van der Waals surface area contributed by atoms with Gasteiger partial charge < -0.3 is 0 Å². The minimum Gasteiger partial charge on any atom is -0.0893 e. The first-order chi connectivity index (χ1) is 3.66. The molecule has 0 aromatic heterocycles. The van der Waals surface area contributed by atoms with Crippen molar-refractivity contribution in [2.24, 2.45) is 0 Å². The molecular weight excluding hydrogens is 232 g/mol. The van der Waals surface area contributed by atoms with E-state index in [4.69, 9.17) is 0 Å². The van der Waals surface area contributed by atoms with E-state index in [2.05, 4.69) is 45.7 Å². The van der Waals surface area contributed by atoms with E-state index in [1.54, 1.807) is 0 Å². The van der Waals surface area contributed by atoms with Crippen LogP contribution in [-0.2, 0) is 0 Å². The summed E-state index contributed by atoms with van der Waals surface area (Å²) in [6.45, 7) is 4.36. The lowest BCUT2D eigenvalue weighted by atomic mass is 10.2. The maximum Gasteiger partial charge on any atom is 0.0153 e. The second-order valence-corrected chi connectivity index (χ2v) is 4.88. The molecule has 0 radical (unpaired) electrons. The van der Waals surface area contributed by atoms with Crippen LogP contribution in [0.1, 0.15) is 26.7 Å². The van der Waals surface area contributed by atoms with Gasteiger partial charge in [-0.25, -0.2) is 0 Å². The zero-order chi connectivity index (χ0) is 6.57. The topological polar surface area (TPSA) is 0 Å².